The average Bonchev–Trinajstić information content (AvgIpc) is 2.37. The summed E-state index contributed by atoms with van der Waals surface area (Å²) >= 11 is 0. The number of carboxylic acids is 2. The van der Waals surface area contributed by atoms with Crippen LogP contribution in [0.1, 0.15) is 54.8 Å². The highest BCUT2D eigenvalue weighted by atomic mass is 16.5. The van der Waals surface area contributed by atoms with E-state index in [0.29, 0.717) is 5.92 Å². The van der Waals surface area contributed by atoms with Crippen molar-refractivity contribution < 1.29 is 30.0 Å². The van der Waals surface area contributed by atoms with Crippen molar-refractivity contribution in [3.05, 3.63) is 35.4 Å². The van der Waals surface area contributed by atoms with Gasteiger partial charge >= 0.3 is 11.9 Å². The molecule has 124 valence electrons. The molecule has 0 bridgehead atoms. The molecule has 0 saturated carbocycles. The first-order chi connectivity index (χ1) is 9.99. The first-order valence-corrected chi connectivity index (χ1v) is 6.90. The van der Waals surface area contributed by atoms with Crippen LogP contribution in [0.25, 0.3) is 0 Å². The second-order valence-corrected chi connectivity index (χ2v) is 6.12. The second-order valence-electron chi connectivity index (χ2n) is 6.12. The van der Waals surface area contributed by atoms with Crippen molar-refractivity contribution >= 4 is 11.9 Å². The maximum absolute atomic E-state index is 10.5. The fourth-order valence-corrected chi connectivity index (χ4v) is 2.01. The van der Waals surface area contributed by atoms with Crippen LogP contribution in [0.3, 0.4) is 0 Å². The summed E-state index contributed by atoms with van der Waals surface area (Å²) in [6, 6.07) is 5.48. The number of aliphatic hydroxyl groups excluding tert-OH is 1. The summed E-state index contributed by atoms with van der Waals surface area (Å²) in [7, 11) is 0. The predicted molar refractivity (Wildman–Crippen MR) is 81.8 cm³/mol. The van der Waals surface area contributed by atoms with Crippen LogP contribution in [-0.2, 0) is 0 Å². The summed E-state index contributed by atoms with van der Waals surface area (Å²) in [6.45, 7) is 7.86. The van der Waals surface area contributed by atoms with E-state index in [1.54, 1.807) is 0 Å². The zero-order chi connectivity index (χ0) is 17.5. The Kier molecular flexibility index (Phi) is 7.76. The number of rotatable bonds is 5. The highest BCUT2D eigenvalue weighted by Crippen LogP contribution is 2.27. The third-order valence-corrected chi connectivity index (χ3v) is 3.02. The SMILES string of the molecule is CC(C)CC(C)(C)C(O)O.O=C(O)c1ccccc1C(=O)O. The molecule has 0 saturated heterocycles. The zero-order valence-electron chi connectivity index (χ0n) is 13.3. The van der Waals surface area contributed by atoms with Gasteiger partial charge in [-0.05, 0) is 24.5 Å². The van der Waals surface area contributed by atoms with Gasteiger partial charge in [-0.15, -0.1) is 0 Å². The molecule has 0 aromatic heterocycles. The van der Waals surface area contributed by atoms with Crippen LogP contribution < -0.4 is 0 Å². The molecule has 6 nitrogen and oxygen atoms in total. The normalized spacial score (nSPS) is 11.1. The smallest absolute Gasteiger partial charge is 0.336 e. The molecule has 0 aliphatic heterocycles. The van der Waals surface area contributed by atoms with Crippen molar-refractivity contribution in [3.63, 3.8) is 0 Å². The van der Waals surface area contributed by atoms with Gasteiger partial charge in [-0.25, -0.2) is 9.59 Å². The number of hydrogen-bond donors (Lipinski definition) is 4. The first kappa shape index (κ1) is 20.1. The Balaban J connectivity index is 0.000000409. The third-order valence-electron chi connectivity index (χ3n) is 3.02. The molecule has 0 spiro atoms. The summed E-state index contributed by atoms with van der Waals surface area (Å²) in [5.74, 6) is -1.95. The Labute approximate surface area is 130 Å². The molecule has 0 radical (unpaired) electrons. The van der Waals surface area contributed by atoms with E-state index in [-0.39, 0.29) is 16.5 Å². The lowest BCUT2D eigenvalue weighted by molar-refractivity contribution is -0.127. The topological polar surface area (TPSA) is 115 Å². The summed E-state index contributed by atoms with van der Waals surface area (Å²) in [6.07, 6.45) is -0.361. The fraction of sp³-hybridized carbons (Fsp3) is 0.500. The van der Waals surface area contributed by atoms with Gasteiger partial charge in [-0.1, -0.05) is 39.8 Å². The molecule has 0 heterocycles. The fourth-order valence-electron chi connectivity index (χ4n) is 2.01. The molecule has 1 rings (SSSR count). The summed E-state index contributed by atoms with van der Waals surface area (Å²) in [5.41, 5.74) is -0.747. The van der Waals surface area contributed by atoms with Crippen LogP contribution in [0.5, 0.6) is 0 Å². The van der Waals surface area contributed by atoms with E-state index in [2.05, 4.69) is 13.8 Å². The number of hydrogen-bond acceptors (Lipinski definition) is 4. The van der Waals surface area contributed by atoms with E-state index in [4.69, 9.17) is 20.4 Å². The van der Waals surface area contributed by atoms with E-state index in [9.17, 15) is 9.59 Å². The van der Waals surface area contributed by atoms with Crippen LogP contribution in [0.15, 0.2) is 24.3 Å². The standard InChI is InChI=1S/C8H6O4.C8H18O2/c9-7(10)5-3-1-2-4-6(5)8(11)12;1-6(2)5-8(3,4)7(9)10/h1-4H,(H,9,10)(H,11,12);6-7,9-10H,5H2,1-4H3. The summed E-state index contributed by atoms with van der Waals surface area (Å²) < 4.78 is 0. The number of benzene rings is 1. The second kappa shape index (κ2) is 8.51. The van der Waals surface area contributed by atoms with Crippen LogP contribution in [0.2, 0.25) is 0 Å². The van der Waals surface area contributed by atoms with Crippen LogP contribution >= 0.6 is 0 Å². The molecule has 22 heavy (non-hydrogen) atoms. The molecule has 1 aromatic carbocycles. The molecular weight excluding hydrogens is 288 g/mol. The number of carbonyl (C=O) groups is 2. The quantitative estimate of drug-likeness (QED) is 0.621. The molecular formula is C16H24O6. The van der Waals surface area contributed by atoms with Crippen molar-refractivity contribution in [1.29, 1.82) is 0 Å². The maximum atomic E-state index is 10.5. The summed E-state index contributed by atoms with van der Waals surface area (Å²) in [4.78, 5) is 20.9. The molecule has 0 atom stereocenters. The Morgan fingerprint density at radius 1 is 1.00 bits per heavy atom. The lowest BCUT2D eigenvalue weighted by atomic mass is 9.83. The highest BCUT2D eigenvalue weighted by Gasteiger charge is 2.26. The number of aromatic carboxylic acids is 2. The van der Waals surface area contributed by atoms with Crippen molar-refractivity contribution in [1.82, 2.24) is 0 Å². The van der Waals surface area contributed by atoms with E-state index in [1.165, 1.54) is 24.3 Å². The van der Waals surface area contributed by atoms with Gasteiger partial charge in [0, 0.05) is 5.41 Å². The Morgan fingerprint density at radius 2 is 1.36 bits per heavy atom. The molecule has 6 heteroatoms. The van der Waals surface area contributed by atoms with Crippen LogP contribution in [0.4, 0.5) is 0 Å². The van der Waals surface area contributed by atoms with Gasteiger partial charge in [0.2, 0.25) is 0 Å². The van der Waals surface area contributed by atoms with Gasteiger partial charge in [0.1, 0.15) is 0 Å². The van der Waals surface area contributed by atoms with E-state index in [1.807, 2.05) is 13.8 Å². The number of carboxylic acid groups (broad SMARTS) is 2. The molecule has 0 aliphatic rings. The van der Waals surface area contributed by atoms with E-state index < -0.39 is 18.2 Å². The van der Waals surface area contributed by atoms with Crippen molar-refractivity contribution in [2.24, 2.45) is 11.3 Å². The molecule has 4 N–H and O–H groups in total. The minimum atomic E-state index is -1.23. The molecule has 1 aromatic rings. The van der Waals surface area contributed by atoms with Gasteiger partial charge in [-0.3, -0.25) is 0 Å². The number of aliphatic hydroxyl groups is 2. The van der Waals surface area contributed by atoms with Crippen molar-refractivity contribution in [2.45, 2.75) is 40.4 Å². The predicted octanol–water partition coefficient (Wildman–Crippen LogP) is 2.45. The average molecular weight is 312 g/mol. The third kappa shape index (κ3) is 6.69. The highest BCUT2D eigenvalue weighted by molar-refractivity contribution is 6.01. The monoisotopic (exact) mass is 312 g/mol. The van der Waals surface area contributed by atoms with E-state index >= 15 is 0 Å². The first-order valence-electron chi connectivity index (χ1n) is 6.90. The van der Waals surface area contributed by atoms with Gasteiger partial charge in [0.05, 0.1) is 11.1 Å². The Morgan fingerprint density at radius 3 is 1.55 bits per heavy atom. The van der Waals surface area contributed by atoms with Gasteiger partial charge in [-0.2, -0.15) is 0 Å². The lowest BCUT2D eigenvalue weighted by Crippen LogP contribution is -2.30. The van der Waals surface area contributed by atoms with Gasteiger partial charge in [0.15, 0.2) is 6.29 Å². The molecule has 0 aliphatic carbocycles. The minimum Gasteiger partial charge on any atom is -0.478 e. The largest absolute Gasteiger partial charge is 0.478 e. The van der Waals surface area contributed by atoms with Gasteiger partial charge < -0.3 is 20.4 Å². The van der Waals surface area contributed by atoms with Crippen LogP contribution in [-0.4, -0.2) is 38.7 Å². The van der Waals surface area contributed by atoms with Crippen LogP contribution in [0, 0.1) is 11.3 Å². The molecule has 0 unspecified atom stereocenters. The van der Waals surface area contributed by atoms with Crippen molar-refractivity contribution in [2.75, 3.05) is 0 Å². The zero-order valence-corrected chi connectivity index (χ0v) is 13.3. The van der Waals surface area contributed by atoms with Gasteiger partial charge in [0.25, 0.3) is 0 Å². The van der Waals surface area contributed by atoms with Crippen molar-refractivity contribution in [3.8, 4) is 0 Å². The summed E-state index contributed by atoms with van der Waals surface area (Å²) in [5, 5.41) is 34.9. The van der Waals surface area contributed by atoms with E-state index in [0.717, 1.165) is 6.42 Å². The molecule has 0 fully saturated rings. The minimum absolute atomic E-state index is 0.190. The Hall–Kier alpha value is -1.92. The maximum Gasteiger partial charge on any atom is 0.336 e. The molecule has 0 amide bonds. The lowest BCUT2D eigenvalue weighted by Gasteiger charge is -2.28. The Bertz CT molecular complexity index is 472.